The summed E-state index contributed by atoms with van der Waals surface area (Å²) in [5.41, 5.74) is 1.05. The smallest absolute Gasteiger partial charge is 0.258 e. The van der Waals surface area contributed by atoms with Crippen molar-refractivity contribution >= 4 is 10.8 Å². The number of pyridine rings is 1. The van der Waals surface area contributed by atoms with E-state index in [0.29, 0.717) is 5.39 Å². The number of aromatic nitrogens is 1. The number of aryl methyl sites for hydroxylation is 2. The monoisotopic (exact) mass is 203 g/mol. The number of aromatic hydroxyl groups is 1. The number of rotatable bonds is 1. The summed E-state index contributed by atoms with van der Waals surface area (Å²) in [6.07, 6.45) is 2.72. The molecule has 78 valence electrons. The molecule has 0 spiro atoms. The normalized spacial score (nSPS) is 10.8. The number of hydrogen-bond acceptors (Lipinski definition) is 2. The molecule has 1 heterocycles. The molecule has 15 heavy (non-hydrogen) atoms. The average molecular weight is 203 g/mol. The van der Waals surface area contributed by atoms with Crippen LogP contribution in [0.15, 0.2) is 29.2 Å². The zero-order valence-electron chi connectivity index (χ0n) is 8.82. The third-order valence-electron chi connectivity index (χ3n) is 2.63. The molecule has 0 radical (unpaired) electrons. The number of benzene rings is 1. The minimum Gasteiger partial charge on any atom is -0.508 e. The van der Waals surface area contributed by atoms with Crippen LogP contribution in [0.2, 0.25) is 0 Å². The van der Waals surface area contributed by atoms with Crippen molar-refractivity contribution in [2.24, 2.45) is 7.05 Å². The van der Waals surface area contributed by atoms with E-state index in [-0.39, 0.29) is 11.3 Å². The molecule has 0 aliphatic rings. The topological polar surface area (TPSA) is 42.2 Å². The van der Waals surface area contributed by atoms with E-state index in [1.807, 2.05) is 13.1 Å². The quantitative estimate of drug-likeness (QED) is 0.768. The van der Waals surface area contributed by atoms with Gasteiger partial charge in [-0.05, 0) is 29.5 Å². The molecule has 0 unspecified atom stereocenters. The molecule has 1 aromatic heterocycles. The molecular weight excluding hydrogens is 190 g/mol. The summed E-state index contributed by atoms with van der Waals surface area (Å²) in [5, 5.41) is 10.9. The summed E-state index contributed by atoms with van der Waals surface area (Å²) < 4.78 is 1.56. The van der Waals surface area contributed by atoms with Crippen LogP contribution < -0.4 is 5.56 Å². The molecule has 2 rings (SSSR count). The highest BCUT2D eigenvalue weighted by molar-refractivity contribution is 5.85. The number of fused-ring (bicyclic) bond motifs is 1. The maximum atomic E-state index is 11.8. The molecule has 0 bridgehead atoms. The van der Waals surface area contributed by atoms with Gasteiger partial charge in [-0.15, -0.1) is 0 Å². The standard InChI is InChI=1S/C12H13NO2/c1-3-8-7-13(2)12(15)11-6-9(14)4-5-10(8)11/h4-7,14H,3H2,1-2H3. The van der Waals surface area contributed by atoms with Crippen LogP contribution >= 0.6 is 0 Å². The van der Waals surface area contributed by atoms with Gasteiger partial charge in [0.25, 0.3) is 5.56 Å². The maximum absolute atomic E-state index is 11.8. The fourth-order valence-corrected chi connectivity index (χ4v) is 1.82. The van der Waals surface area contributed by atoms with Gasteiger partial charge in [-0.2, -0.15) is 0 Å². The van der Waals surface area contributed by atoms with Gasteiger partial charge in [0.05, 0.1) is 5.39 Å². The van der Waals surface area contributed by atoms with Crippen molar-refractivity contribution in [1.29, 1.82) is 0 Å². The van der Waals surface area contributed by atoms with E-state index in [4.69, 9.17) is 0 Å². The van der Waals surface area contributed by atoms with Crippen LogP contribution in [0.1, 0.15) is 12.5 Å². The highest BCUT2D eigenvalue weighted by Gasteiger charge is 2.06. The SMILES string of the molecule is CCc1cn(C)c(=O)c2cc(O)ccc12. The first-order chi connectivity index (χ1) is 7.13. The number of phenols is 1. The van der Waals surface area contributed by atoms with E-state index in [0.717, 1.165) is 17.4 Å². The molecule has 3 nitrogen and oxygen atoms in total. The Morgan fingerprint density at radius 3 is 2.73 bits per heavy atom. The van der Waals surface area contributed by atoms with E-state index in [2.05, 4.69) is 0 Å². The lowest BCUT2D eigenvalue weighted by Gasteiger charge is -2.07. The highest BCUT2D eigenvalue weighted by atomic mass is 16.3. The molecular formula is C12H13NO2. The predicted octanol–water partition coefficient (Wildman–Crippen LogP) is 1.81. The van der Waals surface area contributed by atoms with Gasteiger partial charge >= 0.3 is 0 Å². The largest absolute Gasteiger partial charge is 0.508 e. The Balaban J connectivity index is 2.96. The molecule has 0 aliphatic heterocycles. The molecule has 0 fully saturated rings. The second kappa shape index (κ2) is 3.42. The Bertz CT molecular complexity index is 570. The van der Waals surface area contributed by atoms with E-state index in [1.54, 1.807) is 23.7 Å². The zero-order valence-corrected chi connectivity index (χ0v) is 8.82. The Morgan fingerprint density at radius 2 is 2.07 bits per heavy atom. The van der Waals surface area contributed by atoms with Crippen molar-refractivity contribution in [2.45, 2.75) is 13.3 Å². The van der Waals surface area contributed by atoms with Gasteiger partial charge in [-0.3, -0.25) is 4.79 Å². The molecule has 0 atom stereocenters. The van der Waals surface area contributed by atoms with E-state index < -0.39 is 0 Å². The van der Waals surface area contributed by atoms with Crippen molar-refractivity contribution in [3.63, 3.8) is 0 Å². The number of nitrogens with zero attached hydrogens (tertiary/aromatic N) is 1. The molecule has 1 N–H and O–H groups in total. The van der Waals surface area contributed by atoms with Gasteiger partial charge in [0.2, 0.25) is 0 Å². The summed E-state index contributed by atoms with van der Waals surface area (Å²) in [5.74, 6) is 0.132. The third-order valence-corrected chi connectivity index (χ3v) is 2.63. The molecule has 3 heteroatoms. The first kappa shape index (κ1) is 9.77. The lowest BCUT2D eigenvalue weighted by molar-refractivity contribution is 0.476. The summed E-state index contributed by atoms with van der Waals surface area (Å²) in [6, 6.07) is 4.93. The van der Waals surface area contributed by atoms with Gasteiger partial charge in [0, 0.05) is 13.2 Å². The average Bonchev–Trinajstić information content (AvgIpc) is 2.23. The van der Waals surface area contributed by atoms with E-state index >= 15 is 0 Å². The highest BCUT2D eigenvalue weighted by Crippen LogP contribution is 2.20. The molecule has 2 aromatic rings. The van der Waals surface area contributed by atoms with Crippen molar-refractivity contribution in [1.82, 2.24) is 4.57 Å². The van der Waals surface area contributed by atoms with Gasteiger partial charge in [0.15, 0.2) is 0 Å². The fourth-order valence-electron chi connectivity index (χ4n) is 1.82. The zero-order chi connectivity index (χ0) is 11.0. The Hall–Kier alpha value is -1.77. The maximum Gasteiger partial charge on any atom is 0.258 e. The molecule has 0 saturated carbocycles. The molecule has 0 aliphatic carbocycles. The van der Waals surface area contributed by atoms with Crippen LogP contribution in [0.3, 0.4) is 0 Å². The summed E-state index contributed by atoms with van der Waals surface area (Å²) in [4.78, 5) is 11.8. The van der Waals surface area contributed by atoms with Crippen molar-refractivity contribution in [3.8, 4) is 5.75 Å². The first-order valence-electron chi connectivity index (χ1n) is 4.94. The second-order valence-corrected chi connectivity index (χ2v) is 3.65. The van der Waals surface area contributed by atoms with Crippen LogP contribution in [0.25, 0.3) is 10.8 Å². The van der Waals surface area contributed by atoms with Crippen molar-refractivity contribution < 1.29 is 5.11 Å². The van der Waals surface area contributed by atoms with Crippen LogP contribution in [-0.2, 0) is 13.5 Å². The Morgan fingerprint density at radius 1 is 1.33 bits per heavy atom. The Labute approximate surface area is 87.6 Å². The van der Waals surface area contributed by atoms with Crippen molar-refractivity contribution in [3.05, 3.63) is 40.3 Å². The molecule has 0 saturated heterocycles. The van der Waals surface area contributed by atoms with Gasteiger partial charge < -0.3 is 9.67 Å². The number of phenolic OH excluding ortho intramolecular Hbond substituents is 1. The van der Waals surface area contributed by atoms with Crippen LogP contribution in [0.4, 0.5) is 0 Å². The van der Waals surface area contributed by atoms with Crippen LogP contribution in [-0.4, -0.2) is 9.67 Å². The van der Waals surface area contributed by atoms with E-state index in [9.17, 15) is 9.90 Å². The van der Waals surface area contributed by atoms with Gasteiger partial charge in [-0.1, -0.05) is 13.0 Å². The lowest BCUT2D eigenvalue weighted by atomic mass is 10.1. The summed E-state index contributed by atoms with van der Waals surface area (Å²) >= 11 is 0. The van der Waals surface area contributed by atoms with Gasteiger partial charge in [0.1, 0.15) is 5.75 Å². The van der Waals surface area contributed by atoms with Crippen LogP contribution in [0.5, 0.6) is 5.75 Å². The summed E-state index contributed by atoms with van der Waals surface area (Å²) in [6.45, 7) is 2.05. The van der Waals surface area contributed by atoms with E-state index in [1.165, 1.54) is 6.07 Å². The Kier molecular flexibility index (Phi) is 2.23. The predicted molar refractivity (Wildman–Crippen MR) is 60.2 cm³/mol. The minimum absolute atomic E-state index is 0.0712. The van der Waals surface area contributed by atoms with Gasteiger partial charge in [-0.25, -0.2) is 0 Å². The molecule has 1 aromatic carbocycles. The summed E-state index contributed by atoms with van der Waals surface area (Å²) in [7, 11) is 1.73. The van der Waals surface area contributed by atoms with Crippen molar-refractivity contribution in [2.75, 3.05) is 0 Å². The minimum atomic E-state index is -0.0712. The second-order valence-electron chi connectivity index (χ2n) is 3.65. The fraction of sp³-hybridized carbons (Fsp3) is 0.250. The lowest BCUT2D eigenvalue weighted by Crippen LogP contribution is -2.17. The first-order valence-corrected chi connectivity index (χ1v) is 4.94. The van der Waals surface area contributed by atoms with Crippen LogP contribution in [0, 0.1) is 0 Å². The number of hydrogen-bond donors (Lipinski definition) is 1. The third kappa shape index (κ3) is 1.50. The molecule has 0 amide bonds.